The van der Waals surface area contributed by atoms with Gasteiger partial charge in [-0.15, -0.1) is 0 Å². The van der Waals surface area contributed by atoms with E-state index in [-0.39, 0.29) is 23.3 Å². The van der Waals surface area contributed by atoms with E-state index in [4.69, 9.17) is 9.52 Å². The number of rotatable bonds is 4. The molecule has 4 rings (SSSR count). The van der Waals surface area contributed by atoms with E-state index >= 15 is 0 Å². The Bertz CT molecular complexity index is 910. The number of carboxylic acid groups (broad SMARTS) is 1. The molecule has 7 nitrogen and oxygen atoms in total. The zero-order valence-corrected chi connectivity index (χ0v) is 13.4. The van der Waals surface area contributed by atoms with E-state index in [1.165, 1.54) is 6.07 Å². The van der Waals surface area contributed by atoms with Crippen molar-refractivity contribution in [3.05, 3.63) is 53.5 Å². The number of para-hydroxylation sites is 1. The first-order valence-electron chi connectivity index (χ1n) is 8.19. The molecule has 1 amide bonds. The van der Waals surface area contributed by atoms with Gasteiger partial charge in [-0.1, -0.05) is 18.2 Å². The number of furan rings is 1. The second-order valence-electron chi connectivity index (χ2n) is 6.22. The minimum Gasteiger partial charge on any atom is -0.477 e. The number of carbonyl (C=O) groups is 2. The van der Waals surface area contributed by atoms with E-state index in [1.807, 2.05) is 30.3 Å². The third kappa shape index (κ3) is 2.88. The van der Waals surface area contributed by atoms with Gasteiger partial charge in [-0.05, 0) is 25.0 Å². The maximum absolute atomic E-state index is 12.7. The van der Waals surface area contributed by atoms with Crippen LogP contribution in [0, 0.1) is 0 Å². The van der Waals surface area contributed by atoms with Crippen LogP contribution in [-0.2, 0) is 6.42 Å². The molecule has 0 spiro atoms. The first-order chi connectivity index (χ1) is 12.1. The van der Waals surface area contributed by atoms with Crippen molar-refractivity contribution >= 4 is 22.8 Å². The van der Waals surface area contributed by atoms with Crippen LogP contribution in [0.15, 0.2) is 40.8 Å². The Morgan fingerprint density at radius 3 is 2.92 bits per heavy atom. The number of carboxylic acids is 1. The van der Waals surface area contributed by atoms with Crippen molar-refractivity contribution in [2.24, 2.45) is 0 Å². The summed E-state index contributed by atoms with van der Waals surface area (Å²) in [6.07, 6.45) is 2.43. The topological polar surface area (TPSA) is 99.4 Å². The lowest BCUT2D eigenvalue weighted by Crippen LogP contribution is -2.37. The SMILES string of the molecule is O=C(O)c1cc(C(=O)N2CCCC2Cc2cc3ccccc3o2)n[nH]1. The zero-order chi connectivity index (χ0) is 17.4. The summed E-state index contributed by atoms with van der Waals surface area (Å²) in [6, 6.07) is 11.1. The second-order valence-corrected chi connectivity index (χ2v) is 6.22. The van der Waals surface area contributed by atoms with Crippen molar-refractivity contribution in [1.29, 1.82) is 0 Å². The first kappa shape index (κ1) is 15.4. The molecule has 2 aromatic heterocycles. The molecule has 1 aromatic carbocycles. The van der Waals surface area contributed by atoms with Gasteiger partial charge in [0, 0.05) is 30.5 Å². The van der Waals surface area contributed by atoms with E-state index in [0.29, 0.717) is 13.0 Å². The van der Waals surface area contributed by atoms with Crippen LogP contribution in [0.25, 0.3) is 11.0 Å². The average Bonchev–Trinajstić information content (AvgIpc) is 3.33. The van der Waals surface area contributed by atoms with Crippen LogP contribution in [0.5, 0.6) is 0 Å². The first-order valence-corrected chi connectivity index (χ1v) is 8.19. The summed E-state index contributed by atoms with van der Waals surface area (Å²) in [5, 5.41) is 16.2. The van der Waals surface area contributed by atoms with Crippen LogP contribution in [0.1, 0.15) is 39.6 Å². The number of hydrogen-bond donors (Lipinski definition) is 2. The lowest BCUT2D eigenvalue weighted by atomic mass is 10.1. The summed E-state index contributed by atoms with van der Waals surface area (Å²) in [6.45, 7) is 0.638. The Balaban J connectivity index is 1.53. The molecule has 7 heteroatoms. The summed E-state index contributed by atoms with van der Waals surface area (Å²) >= 11 is 0. The highest BCUT2D eigenvalue weighted by Gasteiger charge is 2.31. The Morgan fingerprint density at radius 2 is 2.16 bits per heavy atom. The van der Waals surface area contributed by atoms with E-state index < -0.39 is 5.97 Å². The molecular weight excluding hydrogens is 322 g/mol. The van der Waals surface area contributed by atoms with Crippen LogP contribution in [0.2, 0.25) is 0 Å². The molecule has 1 atom stereocenters. The molecule has 1 fully saturated rings. The van der Waals surface area contributed by atoms with Crippen LogP contribution in [0.4, 0.5) is 0 Å². The molecule has 1 saturated heterocycles. The Hall–Kier alpha value is -3.09. The average molecular weight is 339 g/mol. The van der Waals surface area contributed by atoms with Gasteiger partial charge in [-0.2, -0.15) is 5.10 Å². The number of likely N-dealkylation sites (tertiary alicyclic amines) is 1. The van der Waals surface area contributed by atoms with Crippen molar-refractivity contribution in [2.45, 2.75) is 25.3 Å². The lowest BCUT2D eigenvalue weighted by molar-refractivity contribution is 0.0689. The Kier molecular flexibility index (Phi) is 3.76. The third-order valence-electron chi connectivity index (χ3n) is 4.58. The van der Waals surface area contributed by atoms with Gasteiger partial charge in [0.1, 0.15) is 17.0 Å². The molecule has 0 bridgehead atoms. The number of hydrogen-bond acceptors (Lipinski definition) is 4. The molecule has 25 heavy (non-hydrogen) atoms. The minimum atomic E-state index is -1.13. The van der Waals surface area contributed by atoms with E-state index in [0.717, 1.165) is 29.6 Å². The van der Waals surface area contributed by atoms with Gasteiger partial charge in [0.15, 0.2) is 5.69 Å². The number of aromatic nitrogens is 2. The normalized spacial score (nSPS) is 17.3. The smallest absolute Gasteiger partial charge is 0.353 e. The summed E-state index contributed by atoms with van der Waals surface area (Å²) in [7, 11) is 0. The number of benzene rings is 1. The number of aromatic carboxylic acids is 1. The molecule has 1 unspecified atom stereocenters. The fourth-order valence-corrected chi connectivity index (χ4v) is 3.37. The van der Waals surface area contributed by atoms with Gasteiger partial charge in [-0.25, -0.2) is 4.79 Å². The highest BCUT2D eigenvalue weighted by molar-refractivity contribution is 5.95. The molecule has 0 aliphatic carbocycles. The van der Waals surface area contributed by atoms with Crippen molar-refractivity contribution in [3.8, 4) is 0 Å². The van der Waals surface area contributed by atoms with Crippen LogP contribution in [0.3, 0.4) is 0 Å². The number of nitrogens with zero attached hydrogens (tertiary/aromatic N) is 2. The maximum atomic E-state index is 12.7. The molecule has 1 aliphatic heterocycles. The monoisotopic (exact) mass is 339 g/mol. The van der Waals surface area contributed by atoms with Crippen LogP contribution in [-0.4, -0.2) is 44.7 Å². The summed E-state index contributed by atoms with van der Waals surface area (Å²) in [5.41, 5.74) is 0.886. The fourth-order valence-electron chi connectivity index (χ4n) is 3.37. The molecule has 0 radical (unpaired) electrons. The van der Waals surface area contributed by atoms with Crippen molar-refractivity contribution in [3.63, 3.8) is 0 Å². The molecule has 128 valence electrons. The van der Waals surface area contributed by atoms with Gasteiger partial charge >= 0.3 is 5.97 Å². The number of aromatic amines is 1. The Morgan fingerprint density at radius 1 is 1.32 bits per heavy atom. The summed E-state index contributed by atoms with van der Waals surface area (Å²) in [5.74, 6) is -0.534. The number of H-pyrrole nitrogens is 1. The number of amides is 1. The standard InChI is InChI=1S/C18H17N3O4/c22-17(14-10-15(18(23)24)20-19-14)21-7-3-5-12(21)9-13-8-11-4-1-2-6-16(11)25-13/h1-2,4,6,8,10,12H,3,5,7,9H2,(H,19,20)(H,23,24). The van der Waals surface area contributed by atoms with Gasteiger partial charge in [0.2, 0.25) is 0 Å². The van der Waals surface area contributed by atoms with Crippen molar-refractivity contribution < 1.29 is 19.1 Å². The lowest BCUT2D eigenvalue weighted by Gasteiger charge is -2.23. The zero-order valence-electron chi connectivity index (χ0n) is 13.4. The number of fused-ring (bicyclic) bond motifs is 1. The van der Waals surface area contributed by atoms with Gasteiger partial charge in [0.25, 0.3) is 5.91 Å². The quantitative estimate of drug-likeness (QED) is 0.761. The van der Waals surface area contributed by atoms with E-state index in [2.05, 4.69) is 10.2 Å². The van der Waals surface area contributed by atoms with Crippen LogP contribution >= 0.6 is 0 Å². The molecule has 3 aromatic rings. The molecule has 3 heterocycles. The Labute approximate surface area is 143 Å². The maximum Gasteiger partial charge on any atom is 0.353 e. The van der Waals surface area contributed by atoms with Gasteiger partial charge in [0.05, 0.1) is 0 Å². The molecule has 1 aliphatic rings. The van der Waals surface area contributed by atoms with Gasteiger partial charge in [-0.3, -0.25) is 9.89 Å². The van der Waals surface area contributed by atoms with Crippen molar-refractivity contribution in [2.75, 3.05) is 6.54 Å². The second kappa shape index (κ2) is 6.08. The minimum absolute atomic E-state index is 0.0260. The predicted molar refractivity (Wildman–Crippen MR) is 89.5 cm³/mol. The molecule has 0 saturated carbocycles. The molecule has 2 N–H and O–H groups in total. The number of nitrogens with one attached hydrogen (secondary N) is 1. The summed E-state index contributed by atoms with van der Waals surface area (Å²) < 4.78 is 5.86. The highest BCUT2D eigenvalue weighted by atomic mass is 16.4. The summed E-state index contributed by atoms with van der Waals surface area (Å²) in [4.78, 5) is 25.4. The van der Waals surface area contributed by atoms with E-state index in [1.54, 1.807) is 4.90 Å². The van der Waals surface area contributed by atoms with Crippen LogP contribution < -0.4 is 0 Å². The predicted octanol–water partition coefficient (Wildman–Crippen LogP) is 2.70. The largest absolute Gasteiger partial charge is 0.477 e. The fraction of sp³-hybridized carbons (Fsp3) is 0.278. The van der Waals surface area contributed by atoms with Crippen molar-refractivity contribution in [1.82, 2.24) is 15.1 Å². The highest BCUT2D eigenvalue weighted by Crippen LogP contribution is 2.26. The third-order valence-corrected chi connectivity index (χ3v) is 4.58. The molecular formula is C18H17N3O4. The van der Waals surface area contributed by atoms with Gasteiger partial charge < -0.3 is 14.4 Å². The van der Waals surface area contributed by atoms with E-state index in [9.17, 15) is 9.59 Å². The number of carbonyl (C=O) groups excluding carboxylic acids is 1.